The lowest BCUT2D eigenvalue weighted by molar-refractivity contribution is 0.262. The molecule has 0 radical (unpaired) electrons. The van der Waals surface area contributed by atoms with E-state index in [-0.39, 0.29) is 0 Å². The van der Waals surface area contributed by atoms with Crippen LogP contribution in [0.3, 0.4) is 0 Å². The Labute approximate surface area is 151 Å². The number of hydrogen-bond donors (Lipinski definition) is 2. The number of pyridine rings is 2. The smallest absolute Gasteiger partial charge is 0.326 e. The summed E-state index contributed by atoms with van der Waals surface area (Å²) in [6, 6.07) is 8.63. The molecule has 0 bridgehead atoms. The number of nitrogens with zero attached hydrogens (tertiary/aromatic N) is 4. The van der Waals surface area contributed by atoms with Crippen molar-refractivity contribution < 1.29 is 9.53 Å². The number of hydrogen-bond acceptors (Lipinski definition) is 5. The Hall–Kier alpha value is -3.42. The molecule has 2 N–H and O–H groups in total. The maximum absolute atomic E-state index is 12.1. The average Bonchev–Trinajstić information content (AvgIpc) is 3.05. The van der Waals surface area contributed by atoms with Gasteiger partial charge in [0.15, 0.2) is 5.82 Å². The average molecular weight is 352 g/mol. The highest BCUT2D eigenvalue weighted by Crippen LogP contribution is 2.18. The highest BCUT2D eigenvalue weighted by Gasteiger charge is 2.08. The number of aryl methyl sites for hydroxylation is 1. The van der Waals surface area contributed by atoms with E-state index in [9.17, 15) is 4.79 Å². The van der Waals surface area contributed by atoms with Crippen molar-refractivity contribution in [1.82, 2.24) is 19.7 Å². The molecule has 8 heteroatoms. The molecule has 0 atom stereocenters. The van der Waals surface area contributed by atoms with Gasteiger partial charge in [-0.3, -0.25) is 20.3 Å². The Balaban J connectivity index is 1.57. The lowest BCUT2D eigenvalue weighted by Gasteiger charge is -2.09. The van der Waals surface area contributed by atoms with E-state index in [4.69, 9.17) is 4.74 Å². The van der Waals surface area contributed by atoms with Crippen LogP contribution in [0.5, 0.6) is 5.75 Å². The number of aromatic nitrogens is 4. The van der Waals surface area contributed by atoms with Gasteiger partial charge in [0, 0.05) is 24.7 Å². The van der Waals surface area contributed by atoms with Gasteiger partial charge in [0.05, 0.1) is 18.8 Å². The van der Waals surface area contributed by atoms with Gasteiger partial charge in [0.1, 0.15) is 11.6 Å². The van der Waals surface area contributed by atoms with E-state index in [1.807, 2.05) is 26.0 Å². The molecule has 26 heavy (non-hydrogen) atoms. The van der Waals surface area contributed by atoms with Crippen molar-refractivity contribution in [3.05, 3.63) is 60.2 Å². The molecule has 3 aromatic heterocycles. The van der Waals surface area contributed by atoms with Crippen molar-refractivity contribution in [1.29, 1.82) is 0 Å². The van der Waals surface area contributed by atoms with Crippen LogP contribution in [0.1, 0.15) is 18.2 Å². The van der Waals surface area contributed by atoms with Crippen LogP contribution in [0.2, 0.25) is 0 Å². The third-order valence-electron chi connectivity index (χ3n) is 3.53. The Morgan fingerprint density at radius 1 is 1.19 bits per heavy atom. The summed E-state index contributed by atoms with van der Waals surface area (Å²) in [5.74, 6) is 1.60. The topological polar surface area (TPSA) is 94.0 Å². The largest absolute Gasteiger partial charge is 0.492 e. The van der Waals surface area contributed by atoms with Gasteiger partial charge in [-0.2, -0.15) is 5.10 Å². The van der Waals surface area contributed by atoms with Gasteiger partial charge in [-0.15, -0.1) is 0 Å². The molecule has 3 aromatic rings. The summed E-state index contributed by atoms with van der Waals surface area (Å²) >= 11 is 0. The maximum Gasteiger partial charge on any atom is 0.326 e. The molecule has 8 nitrogen and oxygen atoms in total. The predicted molar refractivity (Wildman–Crippen MR) is 98.4 cm³/mol. The highest BCUT2D eigenvalue weighted by molar-refractivity contribution is 5.98. The summed E-state index contributed by atoms with van der Waals surface area (Å²) in [5.41, 5.74) is 1.74. The zero-order valence-electron chi connectivity index (χ0n) is 14.6. The molecule has 0 aliphatic heterocycles. The van der Waals surface area contributed by atoms with Crippen molar-refractivity contribution in [3.8, 4) is 5.75 Å². The Morgan fingerprint density at radius 3 is 2.77 bits per heavy atom. The molecular formula is C18H20N6O2. The van der Waals surface area contributed by atoms with Gasteiger partial charge in [-0.1, -0.05) is 6.07 Å². The van der Waals surface area contributed by atoms with Gasteiger partial charge in [-0.25, -0.2) is 9.78 Å². The fourth-order valence-electron chi connectivity index (χ4n) is 2.38. The number of carbonyl (C=O) groups is 1. The number of urea groups is 1. The van der Waals surface area contributed by atoms with Gasteiger partial charge in [-0.05, 0) is 37.6 Å². The molecule has 0 unspecified atom stereocenters. The van der Waals surface area contributed by atoms with E-state index in [0.717, 1.165) is 5.56 Å². The first-order chi connectivity index (χ1) is 12.6. The molecule has 0 saturated carbocycles. The minimum atomic E-state index is -0.410. The van der Waals surface area contributed by atoms with Crippen molar-refractivity contribution in [2.45, 2.75) is 20.4 Å². The molecule has 134 valence electrons. The number of ether oxygens (including phenoxy) is 1. The van der Waals surface area contributed by atoms with Crippen LogP contribution >= 0.6 is 0 Å². The Bertz CT molecular complexity index is 878. The van der Waals surface area contributed by atoms with E-state index < -0.39 is 6.03 Å². The third-order valence-corrected chi connectivity index (χ3v) is 3.53. The predicted octanol–water partition coefficient (Wildman–Crippen LogP) is 3.07. The zero-order chi connectivity index (χ0) is 18.4. The first-order valence-corrected chi connectivity index (χ1v) is 8.25. The van der Waals surface area contributed by atoms with E-state index >= 15 is 0 Å². The fraction of sp³-hybridized carbons (Fsp3) is 0.222. The van der Waals surface area contributed by atoms with Crippen LogP contribution < -0.4 is 15.4 Å². The first kappa shape index (κ1) is 17.4. The summed E-state index contributed by atoms with van der Waals surface area (Å²) in [4.78, 5) is 20.5. The molecule has 0 spiro atoms. The number of anilines is 2. The minimum Gasteiger partial charge on any atom is -0.492 e. The molecular weight excluding hydrogens is 332 g/mol. The second-order valence-electron chi connectivity index (χ2n) is 5.55. The van der Waals surface area contributed by atoms with Crippen LogP contribution in [0.4, 0.5) is 16.4 Å². The summed E-state index contributed by atoms with van der Waals surface area (Å²) in [5, 5.41) is 9.69. The summed E-state index contributed by atoms with van der Waals surface area (Å²) < 4.78 is 7.16. The highest BCUT2D eigenvalue weighted by atomic mass is 16.5. The monoisotopic (exact) mass is 352 g/mol. The standard InChI is InChI=1S/C18H20N6O2/c1-3-26-15-6-7-16(20-13(15)2)21-18(25)22-17-8-10-24(23-17)12-14-5-4-9-19-11-14/h4-11H,3,12H2,1-2H3,(H2,20,21,22,23,25). The number of nitrogens with one attached hydrogen (secondary N) is 2. The summed E-state index contributed by atoms with van der Waals surface area (Å²) in [6.45, 7) is 4.88. The van der Waals surface area contributed by atoms with E-state index in [2.05, 4.69) is 25.7 Å². The van der Waals surface area contributed by atoms with Gasteiger partial charge < -0.3 is 4.74 Å². The lowest BCUT2D eigenvalue weighted by atomic mass is 10.3. The van der Waals surface area contributed by atoms with Crippen molar-refractivity contribution >= 4 is 17.7 Å². The zero-order valence-corrected chi connectivity index (χ0v) is 14.6. The molecule has 0 fully saturated rings. The van der Waals surface area contributed by atoms with Gasteiger partial charge >= 0.3 is 6.03 Å². The number of rotatable bonds is 6. The van der Waals surface area contributed by atoms with Crippen LogP contribution in [-0.2, 0) is 6.54 Å². The van der Waals surface area contributed by atoms with E-state index in [1.54, 1.807) is 41.5 Å². The third kappa shape index (κ3) is 4.56. The minimum absolute atomic E-state index is 0.410. The first-order valence-electron chi connectivity index (χ1n) is 8.25. The number of carbonyl (C=O) groups excluding carboxylic acids is 1. The Morgan fingerprint density at radius 2 is 2.04 bits per heavy atom. The van der Waals surface area contributed by atoms with Gasteiger partial charge in [0.25, 0.3) is 0 Å². The van der Waals surface area contributed by atoms with Crippen molar-refractivity contribution in [2.24, 2.45) is 0 Å². The van der Waals surface area contributed by atoms with Crippen molar-refractivity contribution in [3.63, 3.8) is 0 Å². The van der Waals surface area contributed by atoms with Crippen LogP contribution in [0, 0.1) is 6.92 Å². The van der Waals surface area contributed by atoms with Crippen LogP contribution in [0.25, 0.3) is 0 Å². The second-order valence-corrected chi connectivity index (χ2v) is 5.55. The molecule has 3 rings (SSSR count). The molecule has 0 aliphatic rings. The summed E-state index contributed by atoms with van der Waals surface area (Å²) in [7, 11) is 0. The molecule has 3 heterocycles. The van der Waals surface area contributed by atoms with Crippen molar-refractivity contribution in [2.75, 3.05) is 17.2 Å². The molecule has 0 aromatic carbocycles. The lowest BCUT2D eigenvalue weighted by Crippen LogP contribution is -2.20. The fourth-order valence-corrected chi connectivity index (χ4v) is 2.38. The number of amides is 2. The van der Waals surface area contributed by atoms with Gasteiger partial charge in [0.2, 0.25) is 0 Å². The van der Waals surface area contributed by atoms with Crippen LogP contribution in [0.15, 0.2) is 48.9 Å². The SMILES string of the molecule is CCOc1ccc(NC(=O)Nc2ccn(Cc3cccnc3)n2)nc1C. The normalized spacial score (nSPS) is 10.4. The summed E-state index contributed by atoms with van der Waals surface area (Å²) in [6.07, 6.45) is 5.30. The quantitative estimate of drug-likeness (QED) is 0.711. The Kier molecular flexibility index (Phi) is 5.43. The molecule has 0 aliphatic carbocycles. The molecule has 2 amide bonds. The van der Waals surface area contributed by atoms with E-state index in [0.29, 0.717) is 36.2 Å². The second kappa shape index (κ2) is 8.11. The van der Waals surface area contributed by atoms with E-state index in [1.165, 1.54) is 0 Å². The van der Waals surface area contributed by atoms with Crippen LogP contribution in [-0.4, -0.2) is 32.4 Å². The maximum atomic E-state index is 12.1. The molecule has 0 saturated heterocycles.